The first-order valence-corrected chi connectivity index (χ1v) is 6.49. The zero-order valence-electron chi connectivity index (χ0n) is 10.0. The van der Waals surface area contributed by atoms with Crippen LogP contribution in [-0.4, -0.2) is 29.0 Å². The zero-order chi connectivity index (χ0) is 12.3. The van der Waals surface area contributed by atoms with Crippen LogP contribution in [0.4, 0.5) is 0 Å². The maximum atomic E-state index is 11.9. The number of aliphatic hydroxyl groups excluding tert-OH is 1. The van der Waals surface area contributed by atoms with Crippen LogP contribution >= 0.6 is 0 Å². The number of fused-ring (bicyclic) bond motifs is 2. The number of nitrogens with one attached hydrogen (secondary N) is 1. The highest BCUT2D eigenvalue weighted by Gasteiger charge is 2.39. The summed E-state index contributed by atoms with van der Waals surface area (Å²) in [5.41, 5.74) is 0. The van der Waals surface area contributed by atoms with E-state index in [4.69, 9.17) is 10.2 Å². The molecule has 0 aromatic heterocycles. The minimum atomic E-state index is -1.22. The Labute approximate surface area is 102 Å². The monoisotopic (exact) mass is 239 g/mol. The molecule has 0 aromatic carbocycles. The summed E-state index contributed by atoms with van der Waals surface area (Å²) >= 11 is 0. The van der Waals surface area contributed by atoms with E-state index in [0.717, 1.165) is 25.7 Å². The van der Waals surface area contributed by atoms with Gasteiger partial charge in [0.05, 0.1) is 0 Å². The highest BCUT2D eigenvalue weighted by atomic mass is 16.5. The number of hydrogen-bond acceptors (Lipinski definition) is 3. The number of amides is 1. The van der Waals surface area contributed by atoms with E-state index >= 15 is 0 Å². The van der Waals surface area contributed by atoms with Crippen LogP contribution in [0.15, 0.2) is 12.2 Å². The number of carbonyl (C=O) groups excluding carboxylic acids is 1. The quantitative estimate of drug-likeness (QED) is 0.365. The fourth-order valence-electron chi connectivity index (χ4n) is 2.88. The zero-order valence-corrected chi connectivity index (χ0v) is 10.0. The van der Waals surface area contributed by atoms with E-state index in [2.05, 4.69) is 17.5 Å². The predicted molar refractivity (Wildman–Crippen MR) is 63.9 cm³/mol. The molecule has 1 amide bonds. The molecule has 4 nitrogen and oxygen atoms in total. The first-order valence-electron chi connectivity index (χ1n) is 6.49. The minimum absolute atomic E-state index is 0.173. The molecule has 0 saturated heterocycles. The molecule has 96 valence electrons. The Bertz CT molecular complexity index is 301. The number of hydrogen-bond donors (Lipinski definition) is 3. The number of allylic oxidation sites excluding steroid dienone is 2. The molecule has 2 aliphatic carbocycles. The maximum Gasteiger partial charge on any atom is 0.223 e. The summed E-state index contributed by atoms with van der Waals surface area (Å²) < 4.78 is 0. The molecule has 2 aliphatic rings. The summed E-state index contributed by atoms with van der Waals surface area (Å²) in [4.78, 5) is 11.9. The van der Waals surface area contributed by atoms with Crippen molar-refractivity contribution in [3.8, 4) is 0 Å². The smallest absolute Gasteiger partial charge is 0.223 e. The van der Waals surface area contributed by atoms with E-state index in [1.54, 1.807) is 0 Å². The van der Waals surface area contributed by atoms with E-state index < -0.39 is 6.29 Å². The largest absolute Gasteiger partial charge is 0.368 e. The van der Waals surface area contributed by atoms with Gasteiger partial charge in [-0.05, 0) is 43.9 Å². The Balaban J connectivity index is 1.60. The molecule has 1 fully saturated rings. The molecule has 2 bridgehead atoms. The van der Waals surface area contributed by atoms with Gasteiger partial charge in [0, 0.05) is 12.5 Å². The molecule has 3 unspecified atom stereocenters. The van der Waals surface area contributed by atoms with E-state index in [0.29, 0.717) is 24.8 Å². The molecule has 1 saturated carbocycles. The first-order chi connectivity index (χ1) is 8.16. The second-order valence-electron chi connectivity index (χ2n) is 5.15. The van der Waals surface area contributed by atoms with Crippen LogP contribution in [0.25, 0.3) is 0 Å². The standard InChI is InChI=1S/C13H21NO3/c15-12(16)3-1-2-6-14-13(17)11-8-9-4-5-10(11)7-9/h4-5,9-12,15-16H,1-3,6-8H2,(H,14,17). The lowest BCUT2D eigenvalue weighted by Crippen LogP contribution is -2.33. The lowest BCUT2D eigenvalue weighted by Gasteiger charge is -2.17. The van der Waals surface area contributed by atoms with Gasteiger partial charge in [-0.15, -0.1) is 0 Å². The topological polar surface area (TPSA) is 69.6 Å². The average Bonchev–Trinajstić information content (AvgIpc) is 2.89. The third-order valence-electron chi connectivity index (χ3n) is 3.80. The molecule has 3 N–H and O–H groups in total. The molecule has 17 heavy (non-hydrogen) atoms. The second kappa shape index (κ2) is 5.65. The van der Waals surface area contributed by atoms with Crippen molar-refractivity contribution in [3.05, 3.63) is 12.2 Å². The van der Waals surface area contributed by atoms with Gasteiger partial charge < -0.3 is 15.5 Å². The predicted octanol–water partition coefficient (Wildman–Crippen LogP) is 0.796. The van der Waals surface area contributed by atoms with Crippen molar-refractivity contribution in [2.75, 3.05) is 6.54 Å². The fourth-order valence-corrected chi connectivity index (χ4v) is 2.88. The molecule has 0 aliphatic heterocycles. The average molecular weight is 239 g/mol. The molecule has 3 atom stereocenters. The lowest BCUT2D eigenvalue weighted by molar-refractivity contribution is -0.125. The molecule has 0 radical (unpaired) electrons. The summed E-state index contributed by atoms with van der Waals surface area (Å²) in [5.74, 6) is 1.43. The van der Waals surface area contributed by atoms with Crippen molar-refractivity contribution in [2.24, 2.45) is 17.8 Å². The Morgan fingerprint density at radius 3 is 2.71 bits per heavy atom. The normalized spacial score (nSPS) is 30.2. The molecule has 0 spiro atoms. The van der Waals surface area contributed by atoms with Crippen LogP contribution in [0, 0.1) is 17.8 Å². The van der Waals surface area contributed by atoms with Gasteiger partial charge in [0.1, 0.15) is 0 Å². The van der Waals surface area contributed by atoms with Crippen LogP contribution < -0.4 is 5.32 Å². The molecule has 4 heteroatoms. The molecule has 2 rings (SSSR count). The minimum Gasteiger partial charge on any atom is -0.368 e. The van der Waals surface area contributed by atoms with Crippen molar-refractivity contribution >= 4 is 5.91 Å². The van der Waals surface area contributed by atoms with Crippen molar-refractivity contribution in [1.82, 2.24) is 5.32 Å². The van der Waals surface area contributed by atoms with E-state index in [-0.39, 0.29) is 11.8 Å². The summed E-state index contributed by atoms with van der Waals surface area (Å²) in [6.45, 7) is 0.642. The van der Waals surface area contributed by atoms with Crippen molar-refractivity contribution < 1.29 is 15.0 Å². The Morgan fingerprint density at radius 2 is 2.12 bits per heavy atom. The SMILES string of the molecule is O=C(NCCCCC(O)O)C1CC2C=CC1C2. The highest BCUT2D eigenvalue weighted by Crippen LogP contribution is 2.43. The van der Waals surface area contributed by atoms with E-state index in [9.17, 15) is 4.79 Å². The summed E-state index contributed by atoms with van der Waals surface area (Å²) in [6, 6.07) is 0. The van der Waals surface area contributed by atoms with Crippen LogP contribution in [0.2, 0.25) is 0 Å². The van der Waals surface area contributed by atoms with Gasteiger partial charge in [0.15, 0.2) is 6.29 Å². The first kappa shape index (κ1) is 12.6. The lowest BCUT2D eigenvalue weighted by atomic mass is 9.93. The van der Waals surface area contributed by atoms with Gasteiger partial charge in [-0.25, -0.2) is 0 Å². The van der Waals surface area contributed by atoms with Crippen LogP contribution in [-0.2, 0) is 4.79 Å². The number of carbonyl (C=O) groups is 1. The van der Waals surface area contributed by atoms with Gasteiger partial charge in [-0.3, -0.25) is 4.79 Å². The maximum absolute atomic E-state index is 11.9. The van der Waals surface area contributed by atoms with Crippen molar-refractivity contribution in [1.29, 1.82) is 0 Å². The highest BCUT2D eigenvalue weighted by molar-refractivity contribution is 5.79. The molecular formula is C13H21NO3. The van der Waals surface area contributed by atoms with E-state index in [1.807, 2.05) is 0 Å². The number of unbranched alkanes of at least 4 members (excludes halogenated alkanes) is 1. The van der Waals surface area contributed by atoms with Crippen molar-refractivity contribution in [2.45, 2.75) is 38.4 Å². The third kappa shape index (κ3) is 3.30. The number of aliphatic hydroxyl groups is 2. The van der Waals surface area contributed by atoms with Crippen LogP contribution in [0.1, 0.15) is 32.1 Å². The van der Waals surface area contributed by atoms with Crippen LogP contribution in [0.5, 0.6) is 0 Å². The Hall–Kier alpha value is -0.870. The molecule has 0 aromatic rings. The van der Waals surface area contributed by atoms with Gasteiger partial charge in [-0.2, -0.15) is 0 Å². The fraction of sp³-hybridized carbons (Fsp3) is 0.769. The van der Waals surface area contributed by atoms with Gasteiger partial charge in [0.2, 0.25) is 5.91 Å². The van der Waals surface area contributed by atoms with Gasteiger partial charge in [0.25, 0.3) is 0 Å². The summed E-state index contributed by atoms with van der Waals surface area (Å²) in [7, 11) is 0. The molecule has 0 heterocycles. The Morgan fingerprint density at radius 1 is 1.29 bits per heavy atom. The van der Waals surface area contributed by atoms with Crippen LogP contribution in [0.3, 0.4) is 0 Å². The Kier molecular flexibility index (Phi) is 4.18. The summed E-state index contributed by atoms with van der Waals surface area (Å²) in [6.07, 6.45) is 7.26. The van der Waals surface area contributed by atoms with E-state index in [1.165, 1.54) is 0 Å². The van der Waals surface area contributed by atoms with Gasteiger partial charge in [-0.1, -0.05) is 12.2 Å². The molecular weight excluding hydrogens is 218 g/mol. The number of rotatable bonds is 6. The third-order valence-corrected chi connectivity index (χ3v) is 3.80. The van der Waals surface area contributed by atoms with Crippen molar-refractivity contribution in [3.63, 3.8) is 0 Å². The second-order valence-corrected chi connectivity index (χ2v) is 5.15. The summed E-state index contributed by atoms with van der Waals surface area (Å²) in [5, 5.41) is 20.3. The van der Waals surface area contributed by atoms with Gasteiger partial charge >= 0.3 is 0 Å².